The van der Waals surface area contributed by atoms with Crippen LogP contribution < -0.4 is 31.4 Å². The molecule has 4 rings (SSSR count). The van der Waals surface area contributed by atoms with Crippen molar-refractivity contribution in [2.45, 2.75) is 31.5 Å². The zero-order valence-corrected chi connectivity index (χ0v) is 26.7. The standard InChI is InChI=1S/C27H34N8O9S2/c1-27(2)23(25(38)35(27)44-46(39,40)41)32-24(37)22(20-15-45-26(29)31-20)33-43-19(13-36)14-42-18-7-4-16(5-8-18)17-6-9-21(30-11-10-28)34(3)12-17/h4-9,12,15,19,23,36H,10-11,13-14,28H2,1-3H3,(H4,29,31,32,37,39,40,41)/b33-22-. The van der Waals surface area contributed by atoms with Gasteiger partial charge in [0.25, 0.3) is 17.6 Å². The Hall–Kier alpha value is -4.40. The number of aliphatic hydroxyl groups is 1. The first-order valence-electron chi connectivity index (χ1n) is 13.8. The molecule has 1 saturated heterocycles. The van der Waals surface area contributed by atoms with Crippen LogP contribution in [0.1, 0.15) is 19.5 Å². The topological polar surface area (TPSA) is 248 Å². The van der Waals surface area contributed by atoms with Gasteiger partial charge in [0.1, 0.15) is 24.1 Å². The van der Waals surface area contributed by atoms with Gasteiger partial charge in [-0.15, -0.1) is 11.3 Å². The third kappa shape index (κ3) is 8.24. The van der Waals surface area contributed by atoms with Gasteiger partial charge in [0, 0.05) is 23.6 Å². The fourth-order valence-corrected chi connectivity index (χ4v) is 5.35. The number of nitrogens with two attached hydrogens (primary N) is 2. The number of thiazole rings is 1. The van der Waals surface area contributed by atoms with E-state index in [1.807, 2.05) is 42.1 Å². The van der Waals surface area contributed by atoms with E-state index in [1.165, 1.54) is 19.2 Å². The maximum atomic E-state index is 13.2. The van der Waals surface area contributed by atoms with Crippen LogP contribution >= 0.6 is 11.3 Å². The summed E-state index contributed by atoms with van der Waals surface area (Å²) in [6.45, 7) is 3.26. The van der Waals surface area contributed by atoms with Crippen molar-refractivity contribution in [2.24, 2.45) is 17.9 Å². The largest absolute Gasteiger partial charge is 0.724 e. The molecular weight excluding hydrogens is 644 g/mol. The SMILES string of the molecule is C[n+]1cc(-c2ccc(OCC(CO)O/N=C(\C(=O)NC3C(=O)N(OS(=O)(=O)[O-])C3(C)C)c3csc(N)n3)cc2)ccc1NCCN. The first-order valence-corrected chi connectivity index (χ1v) is 16.0. The number of nitrogens with one attached hydrogen (secondary N) is 2. The molecule has 17 nitrogen and oxygen atoms in total. The predicted molar refractivity (Wildman–Crippen MR) is 165 cm³/mol. The monoisotopic (exact) mass is 678 g/mol. The summed E-state index contributed by atoms with van der Waals surface area (Å²) >= 11 is 1.02. The molecule has 248 valence electrons. The van der Waals surface area contributed by atoms with Gasteiger partial charge >= 0.3 is 0 Å². The molecule has 1 aromatic carbocycles. The Morgan fingerprint density at radius 2 is 1.96 bits per heavy atom. The molecule has 7 N–H and O–H groups in total. The van der Waals surface area contributed by atoms with Crippen molar-refractivity contribution in [3.05, 3.63) is 53.7 Å². The number of hydrogen-bond acceptors (Lipinski definition) is 15. The molecule has 2 amide bonds. The van der Waals surface area contributed by atoms with Crippen molar-refractivity contribution in [2.75, 3.05) is 37.4 Å². The molecule has 2 aromatic heterocycles. The molecule has 1 aliphatic heterocycles. The van der Waals surface area contributed by atoms with Crippen LogP contribution in [-0.2, 0) is 36.2 Å². The fourth-order valence-electron chi connectivity index (χ4n) is 4.36. The fraction of sp³-hybridized carbons (Fsp3) is 0.370. The highest BCUT2D eigenvalue weighted by Crippen LogP contribution is 2.33. The minimum Gasteiger partial charge on any atom is -0.724 e. The summed E-state index contributed by atoms with van der Waals surface area (Å²) in [5, 5.41) is 21.3. The second-order valence-electron chi connectivity index (χ2n) is 10.6. The number of aryl methyl sites for hydroxylation is 1. The maximum absolute atomic E-state index is 13.2. The number of carbonyl (C=O) groups excluding carboxylic acids is 2. The number of carbonyl (C=O) groups is 2. The summed E-state index contributed by atoms with van der Waals surface area (Å²) in [5.74, 6) is -0.482. The van der Waals surface area contributed by atoms with E-state index in [9.17, 15) is 27.7 Å². The third-order valence-corrected chi connectivity index (χ3v) is 7.81. The first kappa shape index (κ1) is 34.5. The summed E-state index contributed by atoms with van der Waals surface area (Å²) in [6, 6.07) is 9.93. The van der Waals surface area contributed by atoms with Crippen LogP contribution in [-0.4, -0.2) is 89.6 Å². The van der Waals surface area contributed by atoms with Gasteiger partial charge in [-0.3, -0.25) is 14.9 Å². The number of hydroxylamine groups is 2. The molecule has 2 atom stereocenters. The minimum absolute atomic E-state index is 0.0182. The highest BCUT2D eigenvalue weighted by atomic mass is 32.3. The molecule has 2 unspecified atom stereocenters. The van der Waals surface area contributed by atoms with E-state index in [-0.39, 0.29) is 23.1 Å². The van der Waals surface area contributed by atoms with Gasteiger partial charge in [-0.25, -0.2) is 18.0 Å². The van der Waals surface area contributed by atoms with Crippen LogP contribution in [0.5, 0.6) is 5.75 Å². The van der Waals surface area contributed by atoms with E-state index in [0.29, 0.717) is 23.9 Å². The van der Waals surface area contributed by atoms with Gasteiger partial charge in [0.2, 0.25) is 10.4 Å². The predicted octanol–water partition coefficient (Wildman–Crippen LogP) is -0.755. The molecule has 19 heteroatoms. The summed E-state index contributed by atoms with van der Waals surface area (Å²) in [4.78, 5) is 35.1. The van der Waals surface area contributed by atoms with Crippen LogP contribution in [0.15, 0.2) is 53.1 Å². The molecule has 46 heavy (non-hydrogen) atoms. The second-order valence-corrected chi connectivity index (χ2v) is 12.4. The average molecular weight is 679 g/mol. The Morgan fingerprint density at radius 3 is 2.52 bits per heavy atom. The lowest BCUT2D eigenvalue weighted by Gasteiger charge is -2.51. The lowest BCUT2D eigenvalue weighted by atomic mass is 9.84. The van der Waals surface area contributed by atoms with Crippen molar-refractivity contribution in [1.29, 1.82) is 0 Å². The Balaban J connectivity index is 1.41. The van der Waals surface area contributed by atoms with Crippen molar-refractivity contribution in [3.63, 3.8) is 0 Å². The zero-order chi connectivity index (χ0) is 33.6. The Kier molecular flexibility index (Phi) is 10.8. The first-order chi connectivity index (χ1) is 21.7. The van der Waals surface area contributed by atoms with Crippen molar-refractivity contribution in [1.82, 2.24) is 15.4 Å². The van der Waals surface area contributed by atoms with E-state index >= 15 is 0 Å². The molecule has 1 fully saturated rings. The van der Waals surface area contributed by atoms with E-state index in [2.05, 4.69) is 25.1 Å². The Labute approximate surface area is 268 Å². The lowest BCUT2D eigenvalue weighted by molar-refractivity contribution is -0.656. The number of nitrogens with zero attached hydrogens (tertiary/aromatic N) is 4. The number of nitrogen functional groups attached to an aromatic ring is 1. The van der Waals surface area contributed by atoms with E-state index < -0.39 is 46.5 Å². The molecule has 1 aliphatic rings. The molecule has 3 heterocycles. The number of hydrogen-bond donors (Lipinski definition) is 5. The van der Waals surface area contributed by atoms with Gasteiger partial charge in [-0.1, -0.05) is 17.3 Å². The summed E-state index contributed by atoms with van der Waals surface area (Å²) in [6.07, 6.45) is 0.966. The normalized spacial score (nSPS) is 16.8. The van der Waals surface area contributed by atoms with Gasteiger partial charge in [0.05, 0.1) is 31.9 Å². The molecule has 0 radical (unpaired) electrons. The van der Waals surface area contributed by atoms with Crippen LogP contribution in [0, 0.1) is 0 Å². The van der Waals surface area contributed by atoms with Crippen molar-refractivity contribution < 1.29 is 46.1 Å². The van der Waals surface area contributed by atoms with Gasteiger partial charge < -0.3 is 36.0 Å². The molecule has 0 spiro atoms. The number of aromatic nitrogens is 2. The number of oxime groups is 1. The number of benzene rings is 1. The quantitative estimate of drug-likeness (QED) is 0.0332. The lowest BCUT2D eigenvalue weighted by Crippen LogP contribution is -2.76. The summed E-state index contributed by atoms with van der Waals surface area (Å²) in [7, 11) is -3.30. The average Bonchev–Trinajstić information content (AvgIpc) is 3.44. The van der Waals surface area contributed by atoms with Crippen molar-refractivity contribution >= 4 is 50.2 Å². The zero-order valence-electron chi connectivity index (χ0n) is 25.1. The Morgan fingerprint density at radius 1 is 1.26 bits per heavy atom. The van der Waals surface area contributed by atoms with Crippen LogP contribution in [0.3, 0.4) is 0 Å². The number of aliphatic hydroxyl groups excluding tert-OH is 1. The number of ether oxygens (including phenoxy) is 1. The molecular formula is C27H34N8O9S2. The molecule has 0 aliphatic carbocycles. The number of rotatable bonds is 15. The maximum Gasteiger partial charge on any atom is 0.276 e. The van der Waals surface area contributed by atoms with E-state index in [4.69, 9.17) is 21.0 Å². The number of pyridine rings is 1. The highest BCUT2D eigenvalue weighted by Gasteiger charge is 2.57. The smallest absolute Gasteiger partial charge is 0.276 e. The molecule has 0 saturated carbocycles. The molecule has 0 bridgehead atoms. The highest BCUT2D eigenvalue weighted by molar-refractivity contribution is 7.80. The van der Waals surface area contributed by atoms with E-state index in [0.717, 1.165) is 28.3 Å². The van der Waals surface area contributed by atoms with Crippen molar-refractivity contribution in [3.8, 4) is 16.9 Å². The second kappa shape index (κ2) is 14.4. The minimum atomic E-state index is -5.23. The summed E-state index contributed by atoms with van der Waals surface area (Å²) < 4.78 is 44.9. The number of amides is 2. The van der Waals surface area contributed by atoms with E-state index in [1.54, 1.807) is 12.1 Å². The van der Waals surface area contributed by atoms with Gasteiger partial charge in [-0.2, -0.15) is 9.35 Å². The van der Waals surface area contributed by atoms with Crippen LogP contribution in [0.2, 0.25) is 0 Å². The Bertz CT molecular complexity index is 1700. The number of anilines is 2. The number of β-lactam (4-membered cyclic amide) rings is 1. The molecule has 3 aromatic rings. The van der Waals surface area contributed by atoms with Gasteiger partial charge in [0.15, 0.2) is 16.9 Å². The van der Waals surface area contributed by atoms with Crippen LogP contribution in [0.25, 0.3) is 11.1 Å². The summed E-state index contributed by atoms with van der Waals surface area (Å²) in [5.41, 5.74) is 11.4. The van der Waals surface area contributed by atoms with Gasteiger partial charge in [-0.05, 0) is 37.6 Å². The van der Waals surface area contributed by atoms with Crippen LogP contribution in [0.4, 0.5) is 10.9 Å². The third-order valence-electron chi connectivity index (χ3n) is 6.80.